The molecule has 1 unspecified atom stereocenters. The zero-order valence-corrected chi connectivity index (χ0v) is 19.4. The molecule has 3 rings (SSSR count). The molecule has 1 amide bonds. The normalized spacial score (nSPS) is 12.3. The molecule has 3 aromatic rings. The van der Waals surface area contributed by atoms with Gasteiger partial charge in [-0.3, -0.25) is 4.79 Å². The number of aryl methyl sites for hydroxylation is 3. The number of carbonyl (C=O) groups is 1. The summed E-state index contributed by atoms with van der Waals surface area (Å²) in [6.07, 6.45) is 1.71. The maximum atomic E-state index is 12.4. The predicted molar refractivity (Wildman–Crippen MR) is 127 cm³/mol. The van der Waals surface area contributed by atoms with Gasteiger partial charge in [0.25, 0.3) is 5.91 Å². The highest BCUT2D eigenvalue weighted by Crippen LogP contribution is 2.25. The molecule has 0 aliphatic heterocycles. The Morgan fingerprint density at radius 1 is 1.07 bits per heavy atom. The molecule has 0 saturated carbocycles. The highest BCUT2D eigenvalue weighted by molar-refractivity contribution is 8.00. The van der Waals surface area contributed by atoms with Crippen LogP contribution in [0.4, 0.5) is 0 Å². The van der Waals surface area contributed by atoms with Gasteiger partial charge in [0, 0.05) is 32.6 Å². The lowest BCUT2D eigenvalue weighted by Crippen LogP contribution is -2.26. The third-order valence-corrected chi connectivity index (χ3v) is 6.46. The second-order valence-electron chi connectivity index (χ2n) is 7.38. The van der Waals surface area contributed by atoms with Crippen LogP contribution in [0.3, 0.4) is 0 Å². The molecule has 156 valence electrons. The first kappa shape index (κ1) is 22.2. The van der Waals surface area contributed by atoms with Crippen molar-refractivity contribution in [2.75, 3.05) is 0 Å². The van der Waals surface area contributed by atoms with Crippen LogP contribution < -0.4 is 5.43 Å². The van der Waals surface area contributed by atoms with E-state index in [1.807, 2.05) is 31.2 Å². The Bertz CT molecular complexity index is 1090. The fraction of sp³-hybridized carbons (Fsp3) is 0.250. The highest BCUT2D eigenvalue weighted by Gasteiger charge is 2.14. The minimum Gasteiger partial charge on any atom is -0.318 e. The number of nitrogens with zero attached hydrogens (tertiary/aromatic N) is 2. The van der Waals surface area contributed by atoms with Gasteiger partial charge in [0.1, 0.15) is 0 Å². The maximum Gasteiger partial charge on any atom is 0.253 e. The summed E-state index contributed by atoms with van der Waals surface area (Å²) in [4.78, 5) is 13.4. The molecule has 0 saturated heterocycles. The minimum absolute atomic E-state index is 0.144. The van der Waals surface area contributed by atoms with Crippen LogP contribution >= 0.6 is 23.4 Å². The molecule has 0 radical (unpaired) electrons. The molecule has 2 aromatic carbocycles. The quantitative estimate of drug-likeness (QED) is 0.291. The lowest BCUT2D eigenvalue weighted by molar-refractivity contribution is -0.120. The SMILES string of the molecule is Cc1ccc(-n2c(C)cc(/C=N/NC(=O)C(C)Sc3ccc(Cl)cc3)c2C)cc1C. The molecular weight excluding hydrogens is 414 g/mol. The van der Waals surface area contributed by atoms with Crippen molar-refractivity contribution in [3.63, 3.8) is 0 Å². The molecule has 0 spiro atoms. The Labute approximate surface area is 187 Å². The first-order valence-electron chi connectivity index (χ1n) is 9.78. The van der Waals surface area contributed by atoms with Crippen LogP contribution in [0.15, 0.2) is 58.5 Å². The Kier molecular flexibility index (Phi) is 7.06. The van der Waals surface area contributed by atoms with Gasteiger partial charge in [-0.2, -0.15) is 5.10 Å². The van der Waals surface area contributed by atoms with E-state index >= 15 is 0 Å². The van der Waals surface area contributed by atoms with Gasteiger partial charge in [-0.05, 0) is 88.2 Å². The van der Waals surface area contributed by atoms with Gasteiger partial charge in [-0.15, -0.1) is 11.8 Å². The number of amides is 1. The molecule has 1 atom stereocenters. The van der Waals surface area contributed by atoms with Crippen molar-refractivity contribution >= 4 is 35.5 Å². The fourth-order valence-corrected chi connectivity index (χ4v) is 4.19. The minimum atomic E-state index is -0.272. The lowest BCUT2D eigenvalue weighted by atomic mass is 10.1. The number of hydrazone groups is 1. The predicted octanol–water partition coefficient (Wildman–Crippen LogP) is 6.00. The van der Waals surface area contributed by atoms with E-state index in [2.05, 4.69) is 67.1 Å². The van der Waals surface area contributed by atoms with E-state index in [1.54, 1.807) is 6.21 Å². The zero-order chi connectivity index (χ0) is 21.8. The van der Waals surface area contributed by atoms with E-state index in [9.17, 15) is 4.79 Å². The van der Waals surface area contributed by atoms with Crippen LogP contribution in [0.2, 0.25) is 5.02 Å². The molecule has 30 heavy (non-hydrogen) atoms. The largest absolute Gasteiger partial charge is 0.318 e. The summed E-state index contributed by atoms with van der Waals surface area (Å²) in [6, 6.07) is 16.0. The fourth-order valence-electron chi connectivity index (χ4n) is 3.21. The first-order valence-corrected chi connectivity index (χ1v) is 11.0. The second kappa shape index (κ2) is 9.54. The van der Waals surface area contributed by atoms with Crippen molar-refractivity contribution in [3.8, 4) is 5.69 Å². The van der Waals surface area contributed by atoms with E-state index < -0.39 is 0 Å². The molecule has 1 aromatic heterocycles. The van der Waals surface area contributed by atoms with E-state index in [0.29, 0.717) is 5.02 Å². The van der Waals surface area contributed by atoms with Crippen LogP contribution in [-0.2, 0) is 4.79 Å². The smallest absolute Gasteiger partial charge is 0.253 e. The summed E-state index contributed by atoms with van der Waals surface area (Å²) >= 11 is 7.37. The summed E-state index contributed by atoms with van der Waals surface area (Å²) in [5.74, 6) is -0.144. The lowest BCUT2D eigenvalue weighted by Gasteiger charge is -2.11. The monoisotopic (exact) mass is 439 g/mol. The molecule has 6 heteroatoms. The summed E-state index contributed by atoms with van der Waals surface area (Å²) in [6.45, 7) is 10.2. The first-order chi connectivity index (χ1) is 14.3. The van der Waals surface area contributed by atoms with Gasteiger partial charge >= 0.3 is 0 Å². The number of carbonyl (C=O) groups excluding carboxylic acids is 1. The van der Waals surface area contributed by atoms with Crippen molar-refractivity contribution in [2.45, 2.75) is 44.8 Å². The number of rotatable bonds is 6. The number of halogens is 1. The summed E-state index contributed by atoms with van der Waals surface area (Å²) in [5.41, 5.74) is 9.49. The van der Waals surface area contributed by atoms with E-state index in [4.69, 9.17) is 11.6 Å². The third kappa shape index (κ3) is 5.15. The van der Waals surface area contributed by atoms with Gasteiger partial charge in [0.2, 0.25) is 0 Å². The molecule has 1 N–H and O–H groups in total. The number of hydrogen-bond acceptors (Lipinski definition) is 3. The standard InChI is InChI=1S/C24H26ClN3OS/c1-15-6-9-22(12-16(15)2)28-17(3)13-20(18(28)4)14-26-27-24(29)19(5)30-23-10-7-21(25)8-11-23/h6-14,19H,1-5H3,(H,27,29)/b26-14+. The van der Waals surface area contributed by atoms with Crippen molar-refractivity contribution in [1.29, 1.82) is 0 Å². The number of hydrogen-bond donors (Lipinski definition) is 1. The van der Waals surface area contributed by atoms with E-state index in [1.165, 1.54) is 22.9 Å². The average Bonchev–Trinajstić information content (AvgIpc) is 2.99. The van der Waals surface area contributed by atoms with Crippen LogP contribution in [0.25, 0.3) is 5.69 Å². The van der Waals surface area contributed by atoms with E-state index in [-0.39, 0.29) is 11.2 Å². The Hall–Kier alpha value is -2.50. The van der Waals surface area contributed by atoms with Crippen LogP contribution in [0.5, 0.6) is 0 Å². The van der Waals surface area contributed by atoms with Crippen molar-refractivity contribution in [1.82, 2.24) is 9.99 Å². The Balaban J connectivity index is 1.68. The molecule has 4 nitrogen and oxygen atoms in total. The summed E-state index contributed by atoms with van der Waals surface area (Å²) in [7, 11) is 0. The number of benzene rings is 2. The Morgan fingerprint density at radius 2 is 1.77 bits per heavy atom. The van der Waals surface area contributed by atoms with Crippen LogP contribution in [-0.4, -0.2) is 21.9 Å². The van der Waals surface area contributed by atoms with Crippen LogP contribution in [0.1, 0.15) is 35.0 Å². The van der Waals surface area contributed by atoms with Crippen molar-refractivity contribution < 1.29 is 4.79 Å². The second-order valence-corrected chi connectivity index (χ2v) is 9.23. The van der Waals surface area contributed by atoms with Gasteiger partial charge in [0.15, 0.2) is 0 Å². The molecule has 1 heterocycles. The third-order valence-electron chi connectivity index (χ3n) is 5.09. The summed E-state index contributed by atoms with van der Waals surface area (Å²) in [5, 5.41) is 4.59. The zero-order valence-electron chi connectivity index (χ0n) is 17.9. The molecule has 0 aliphatic carbocycles. The summed E-state index contributed by atoms with van der Waals surface area (Å²) < 4.78 is 2.20. The molecular formula is C24H26ClN3OS. The average molecular weight is 440 g/mol. The van der Waals surface area contributed by atoms with Gasteiger partial charge in [0.05, 0.1) is 11.5 Å². The van der Waals surface area contributed by atoms with Crippen LogP contribution in [0, 0.1) is 27.7 Å². The topological polar surface area (TPSA) is 46.4 Å². The Morgan fingerprint density at radius 3 is 2.43 bits per heavy atom. The molecule has 0 fully saturated rings. The molecule has 0 bridgehead atoms. The number of aromatic nitrogens is 1. The van der Waals surface area contributed by atoms with Crippen molar-refractivity contribution in [3.05, 3.63) is 81.6 Å². The van der Waals surface area contributed by atoms with E-state index in [0.717, 1.165) is 27.5 Å². The van der Waals surface area contributed by atoms with Crippen molar-refractivity contribution in [2.24, 2.45) is 5.10 Å². The number of nitrogens with one attached hydrogen (secondary N) is 1. The van der Waals surface area contributed by atoms with Gasteiger partial charge in [-0.25, -0.2) is 5.43 Å². The molecule has 0 aliphatic rings. The van der Waals surface area contributed by atoms with Gasteiger partial charge in [-0.1, -0.05) is 17.7 Å². The van der Waals surface area contributed by atoms with Gasteiger partial charge < -0.3 is 4.57 Å². The maximum absolute atomic E-state index is 12.4. The highest BCUT2D eigenvalue weighted by atomic mass is 35.5. The number of thioether (sulfide) groups is 1.